The zero-order valence-corrected chi connectivity index (χ0v) is 14.6. The fraction of sp³-hybridized carbons (Fsp3) is 0.400. The number of hydrogen-bond donors (Lipinski definition) is 0. The summed E-state index contributed by atoms with van der Waals surface area (Å²) in [5.74, 6) is -1.03. The van der Waals surface area contributed by atoms with Crippen molar-refractivity contribution >= 4 is 29.6 Å². The van der Waals surface area contributed by atoms with Crippen molar-refractivity contribution in [2.45, 2.75) is 13.0 Å². The first-order valence-corrected chi connectivity index (χ1v) is 8.65. The molecule has 1 aromatic carbocycles. The van der Waals surface area contributed by atoms with Crippen molar-refractivity contribution in [3.63, 3.8) is 0 Å². The fourth-order valence-electron chi connectivity index (χ4n) is 2.23. The number of amides is 1. The predicted octanol–water partition coefficient (Wildman–Crippen LogP) is 0.879. The summed E-state index contributed by atoms with van der Waals surface area (Å²) in [4.78, 5) is 51.6. The van der Waals surface area contributed by atoms with E-state index < -0.39 is 29.0 Å². The number of rotatable bonds is 7. The molecule has 1 atom stereocenters. The molecule has 0 radical (unpaired) electrons. The van der Waals surface area contributed by atoms with Gasteiger partial charge in [0.1, 0.15) is 25.0 Å². The molecule has 2 rings (SSSR count). The van der Waals surface area contributed by atoms with Crippen LogP contribution in [0.5, 0.6) is 5.75 Å². The predicted molar refractivity (Wildman–Crippen MR) is 88.9 cm³/mol. The minimum absolute atomic E-state index is 0.105. The zero-order valence-electron chi connectivity index (χ0n) is 13.8. The van der Waals surface area contributed by atoms with Crippen molar-refractivity contribution in [1.82, 2.24) is 4.90 Å². The number of para-hydroxylation sites is 1. The number of carbonyl (C=O) groups excluding carboxylic acids is 3. The summed E-state index contributed by atoms with van der Waals surface area (Å²) in [5, 5.41) is 9.07. The number of esters is 2. The van der Waals surface area contributed by atoms with Gasteiger partial charge in [-0.2, -0.15) is 0 Å². The van der Waals surface area contributed by atoms with Crippen LogP contribution < -0.4 is 4.74 Å². The summed E-state index contributed by atoms with van der Waals surface area (Å²) in [6.07, 6.45) is 0. The number of ether oxygens (including phenoxy) is 2. The minimum atomic E-state index is -0.985. The van der Waals surface area contributed by atoms with E-state index in [9.17, 15) is 24.5 Å². The zero-order chi connectivity index (χ0) is 19.1. The van der Waals surface area contributed by atoms with Crippen molar-refractivity contribution in [1.29, 1.82) is 0 Å². The number of benzene rings is 1. The first-order chi connectivity index (χ1) is 12.4. The summed E-state index contributed by atoms with van der Waals surface area (Å²) >= 11 is 1.36. The number of hydrogen-bond acceptors (Lipinski definition) is 9. The number of carbonyl (C=O) groups is 3. The van der Waals surface area contributed by atoms with Crippen LogP contribution in [-0.2, 0) is 19.2 Å². The van der Waals surface area contributed by atoms with Crippen molar-refractivity contribution in [2.75, 3.05) is 24.8 Å². The summed E-state index contributed by atoms with van der Waals surface area (Å²) in [6, 6.07) is 5.38. The van der Waals surface area contributed by atoms with Crippen molar-refractivity contribution in [2.24, 2.45) is 0 Å². The van der Waals surface area contributed by atoms with Crippen LogP contribution in [0.4, 0.5) is 0 Å². The van der Waals surface area contributed by atoms with E-state index in [-0.39, 0.29) is 30.4 Å². The molecule has 11 heteroatoms. The number of nitrogens with zero attached hydrogens (tertiary/aromatic N) is 2. The third-order valence-electron chi connectivity index (χ3n) is 3.31. The van der Waals surface area contributed by atoms with Gasteiger partial charge < -0.3 is 19.2 Å². The second kappa shape index (κ2) is 9.04. The van der Waals surface area contributed by atoms with E-state index in [0.717, 1.165) is 0 Å². The number of thioether (sulfide) groups is 1. The lowest BCUT2D eigenvalue weighted by Crippen LogP contribution is -2.43. The Hall–Kier alpha value is -2.82. The van der Waals surface area contributed by atoms with Crippen LogP contribution in [0.3, 0.4) is 0 Å². The highest BCUT2D eigenvalue weighted by Crippen LogP contribution is 2.27. The SMILES string of the molecule is CC(=O)Oc1ccccc1C(=O)N1CSCC1C(=O)OCCO[N+](=O)[O-]. The van der Waals surface area contributed by atoms with E-state index in [1.165, 1.54) is 35.7 Å². The van der Waals surface area contributed by atoms with E-state index in [1.807, 2.05) is 0 Å². The van der Waals surface area contributed by atoms with E-state index >= 15 is 0 Å². The largest absolute Gasteiger partial charge is 0.462 e. The molecule has 26 heavy (non-hydrogen) atoms. The van der Waals surface area contributed by atoms with Gasteiger partial charge in [0.25, 0.3) is 11.0 Å². The highest BCUT2D eigenvalue weighted by Gasteiger charge is 2.37. The van der Waals surface area contributed by atoms with Gasteiger partial charge in [0.2, 0.25) is 0 Å². The van der Waals surface area contributed by atoms with E-state index in [0.29, 0.717) is 5.75 Å². The molecule has 0 spiro atoms. The molecule has 1 aliphatic heterocycles. The normalized spacial score (nSPS) is 16.0. The Morgan fingerprint density at radius 1 is 1.31 bits per heavy atom. The molecule has 140 valence electrons. The Morgan fingerprint density at radius 3 is 2.73 bits per heavy atom. The smallest absolute Gasteiger partial charge is 0.329 e. The summed E-state index contributed by atoms with van der Waals surface area (Å²) in [5.41, 5.74) is 0.152. The third-order valence-corrected chi connectivity index (χ3v) is 4.32. The van der Waals surface area contributed by atoms with Gasteiger partial charge in [-0.1, -0.05) is 12.1 Å². The molecular formula is C15H16N2O8S. The Bertz CT molecular complexity index is 711. The second-order valence-corrected chi connectivity index (χ2v) is 6.10. The van der Waals surface area contributed by atoms with Crippen LogP contribution in [-0.4, -0.2) is 58.7 Å². The van der Waals surface area contributed by atoms with Crippen molar-refractivity contribution < 1.29 is 33.8 Å². The van der Waals surface area contributed by atoms with Crippen LogP contribution in [0, 0.1) is 10.1 Å². The quantitative estimate of drug-likeness (QED) is 0.221. The molecule has 0 aromatic heterocycles. The first-order valence-electron chi connectivity index (χ1n) is 7.50. The van der Waals surface area contributed by atoms with Crippen LogP contribution >= 0.6 is 11.8 Å². The molecule has 1 aliphatic rings. The molecule has 0 N–H and O–H groups in total. The van der Waals surface area contributed by atoms with E-state index in [2.05, 4.69) is 4.84 Å². The van der Waals surface area contributed by atoms with Gasteiger partial charge in [-0.05, 0) is 12.1 Å². The van der Waals surface area contributed by atoms with E-state index in [4.69, 9.17) is 9.47 Å². The van der Waals surface area contributed by atoms with Crippen LogP contribution in [0.25, 0.3) is 0 Å². The third kappa shape index (κ3) is 5.09. The first kappa shape index (κ1) is 19.5. The molecule has 1 saturated heterocycles. The highest BCUT2D eigenvalue weighted by molar-refractivity contribution is 7.99. The molecule has 0 bridgehead atoms. The summed E-state index contributed by atoms with van der Waals surface area (Å²) < 4.78 is 9.96. The maximum absolute atomic E-state index is 12.8. The maximum Gasteiger partial charge on any atom is 0.329 e. The maximum atomic E-state index is 12.8. The summed E-state index contributed by atoms with van der Waals surface area (Å²) in [7, 11) is 0. The lowest BCUT2D eigenvalue weighted by Gasteiger charge is -2.23. The Kier molecular flexibility index (Phi) is 6.78. The molecule has 0 aliphatic carbocycles. The Labute approximate surface area is 152 Å². The topological polar surface area (TPSA) is 125 Å². The second-order valence-electron chi connectivity index (χ2n) is 5.10. The fourth-order valence-corrected chi connectivity index (χ4v) is 3.37. The standard InChI is InChI=1S/C15H16N2O8S/c1-10(18)25-13-5-3-2-4-11(13)14(19)16-9-26-8-12(16)15(20)23-6-7-24-17(21)22/h2-5,12H,6-9H2,1H3. The highest BCUT2D eigenvalue weighted by atomic mass is 32.2. The van der Waals surface area contributed by atoms with Gasteiger partial charge in [0.05, 0.1) is 11.4 Å². The van der Waals surface area contributed by atoms with Gasteiger partial charge in [-0.15, -0.1) is 21.9 Å². The van der Waals surface area contributed by atoms with Crippen LogP contribution in [0.1, 0.15) is 17.3 Å². The molecule has 1 fully saturated rings. The lowest BCUT2D eigenvalue weighted by atomic mass is 10.1. The molecular weight excluding hydrogens is 368 g/mol. The van der Waals surface area contributed by atoms with Gasteiger partial charge in [0.15, 0.2) is 0 Å². The molecule has 1 aromatic rings. The van der Waals surface area contributed by atoms with Gasteiger partial charge >= 0.3 is 11.9 Å². The average Bonchev–Trinajstić information content (AvgIpc) is 3.07. The Morgan fingerprint density at radius 2 is 2.04 bits per heavy atom. The molecule has 10 nitrogen and oxygen atoms in total. The monoisotopic (exact) mass is 384 g/mol. The van der Waals surface area contributed by atoms with Gasteiger partial charge in [-0.25, -0.2) is 4.79 Å². The molecule has 1 heterocycles. The van der Waals surface area contributed by atoms with Gasteiger partial charge in [0, 0.05) is 12.7 Å². The lowest BCUT2D eigenvalue weighted by molar-refractivity contribution is -0.757. The van der Waals surface area contributed by atoms with Crippen LogP contribution in [0.2, 0.25) is 0 Å². The van der Waals surface area contributed by atoms with E-state index in [1.54, 1.807) is 12.1 Å². The average molecular weight is 384 g/mol. The molecule has 0 saturated carbocycles. The van der Waals surface area contributed by atoms with Crippen molar-refractivity contribution in [3.05, 3.63) is 39.9 Å². The molecule has 1 unspecified atom stereocenters. The van der Waals surface area contributed by atoms with Crippen LogP contribution in [0.15, 0.2) is 24.3 Å². The van der Waals surface area contributed by atoms with Gasteiger partial charge in [-0.3, -0.25) is 9.59 Å². The Balaban J connectivity index is 2.05. The summed E-state index contributed by atoms with van der Waals surface area (Å²) in [6.45, 7) is 0.537. The minimum Gasteiger partial charge on any atom is -0.462 e. The molecule has 1 amide bonds. The van der Waals surface area contributed by atoms with Crippen molar-refractivity contribution in [3.8, 4) is 5.75 Å².